The van der Waals surface area contributed by atoms with Crippen LogP contribution in [0.3, 0.4) is 0 Å². The zero-order chi connectivity index (χ0) is 18.5. The van der Waals surface area contributed by atoms with Crippen molar-refractivity contribution in [3.8, 4) is 0 Å². The van der Waals surface area contributed by atoms with Crippen LogP contribution >= 0.6 is 0 Å². The van der Waals surface area contributed by atoms with E-state index in [-0.39, 0.29) is 17.5 Å². The Hall–Kier alpha value is -2.74. The Morgan fingerprint density at radius 2 is 1.85 bits per heavy atom. The fourth-order valence-electron chi connectivity index (χ4n) is 3.38. The van der Waals surface area contributed by atoms with Crippen LogP contribution in [0.25, 0.3) is 0 Å². The number of hydrogen-bond acceptors (Lipinski definition) is 7. The Kier molecular flexibility index (Phi) is 5.62. The van der Waals surface area contributed by atoms with Crippen LogP contribution in [0.5, 0.6) is 0 Å². The minimum Gasteiger partial charge on any atom is -0.378 e. The molecule has 1 aromatic heterocycles. The molecule has 0 atom stereocenters. The first-order valence-electron chi connectivity index (χ1n) is 8.87. The van der Waals surface area contributed by atoms with Crippen LogP contribution in [-0.4, -0.2) is 20.9 Å². The number of nitrogens with two attached hydrogens (primary N) is 2. The van der Waals surface area contributed by atoms with Gasteiger partial charge in [0.2, 0.25) is 11.8 Å². The molecule has 1 aromatic carbocycles. The highest BCUT2D eigenvalue weighted by Crippen LogP contribution is 2.31. The fraction of sp³-hybridized carbons (Fsp3) is 0.444. The number of anilines is 2. The smallest absolute Gasteiger partial charge is 0.332 e. The van der Waals surface area contributed by atoms with Crippen molar-refractivity contribution in [3.63, 3.8) is 0 Å². The average molecular weight is 356 g/mol. The van der Waals surface area contributed by atoms with E-state index in [0.29, 0.717) is 30.5 Å². The van der Waals surface area contributed by atoms with Crippen molar-refractivity contribution >= 4 is 17.5 Å². The van der Waals surface area contributed by atoms with Crippen molar-refractivity contribution < 1.29 is 4.92 Å². The summed E-state index contributed by atoms with van der Waals surface area (Å²) in [5.74, 6) is 0.562. The quantitative estimate of drug-likeness (QED) is 0.535. The molecule has 0 saturated heterocycles. The van der Waals surface area contributed by atoms with E-state index in [9.17, 15) is 10.1 Å². The van der Waals surface area contributed by atoms with Gasteiger partial charge in [0.1, 0.15) is 5.69 Å². The summed E-state index contributed by atoms with van der Waals surface area (Å²) in [5.41, 5.74) is 13.1. The summed E-state index contributed by atoms with van der Waals surface area (Å²) < 4.78 is 0. The average Bonchev–Trinajstić information content (AvgIpc) is 2.62. The molecular formula is C18H24N6O2. The summed E-state index contributed by atoms with van der Waals surface area (Å²) >= 11 is 0. The molecule has 0 aliphatic heterocycles. The van der Waals surface area contributed by atoms with Crippen molar-refractivity contribution in [2.45, 2.75) is 44.7 Å². The monoisotopic (exact) mass is 356 g/mol. The number of hydrogen-bond donors (Lipinski definition) is 3. The van der Waals surface area contributed by atoms with Gasteiger partial charge in [-0.15, -0.1) is 0 Å². The highest BCUT2D eigenvalue weighted by Gasteiger charge is 2.27. The number of nitro groups is 1. The summed E-state index contributed by atoms with van der Waals surface area (Å²) in [4.78, 5) is 19.4. The Morgan fingerprint density at radius 3 is 2.50 bits per heavy atom. The predicted molar refractivity (Wildman–Crippen MR) is 101 cm³/mol. The minimum atomic E-state index is -0.486. The molecule has 0 bridgehead atoms. The minimum absolute atomic E-state index is 0.0944. The van der Waals surface area contributed by atoms with Crippen LogP contribution < -0.4 is 16.8 Å². The number of benzene rings is 1. The van der Waals surface area contributed by atoms with Crippen molar-refractivity contribution in [1.82, 2.24) is 9.97 Å². The van der Waals surface area contributed by atoms with E-state index in [1.165, 1.54) is 0 Å². The fourth-order valence-corrected chi connectivity index (χ4v) is 3.38. The van der Waals surface area contributed by atoms with E-state index in [1.54, 1.807) is 0 Å². The third-order valence-electron chi connectivity index (χ3n) is 4.83. The van der Waals surface area contributed by atoms with Gasteiger partial charge >= 0.3 is 5.69 Å². The van der Waals surface area contributed by atoms with Crippen LogP contribution in [0.2, 0.25) is 0 Å². The lowest BCUT2D eigenvalue weighted by Gasteiger charge is -2.25. The van der Waals surface area contributed by atoms with Gasteiger partial charge in [-0.05, 0) is 43.6 Å². The van der Waals surface area contributed by atoms with Crippen LogP contribution in [0.4, 0.5) is 17.5 Å². The molecule has 1 saturated carbocycles. The number of nitrogens with one attached hydrogen (secondary N) is 1. The van der Waals surface area contributed by atoms with Crippen LogP contribution in [-0.2, 0) is 13.0 Å². The number of rotatable bonds is 6. The molecule has 0 unspecified atom stereocenters. The molecule has 1 aliphatic carbocycles. The van der Waals surface area contributed by atoms with Crippen molar-refractivity contribution in [2.75, 3.05) is 11.1 Å². The molecule has 0 radical (unpaired) electrons. The molecule has 5 N–H and O–H groups in total. The van der Waals surface area contributed by atoms with Crippen molar-refractivity contribution in [3.05, 3.63) is 51.7 Å². The zero-order valence-corrected chi connectivity index (χ0v) is 14.6. The molecule has 1 heterocycles. The Bertz CT molecular complexity index is 760. The predicted octanol–water partition coefficient (Wildman–Crippen LogP) is 2.64. The molecular weight excluding hydrogens is 332 g/mol. The molecule has 26 heavy (non-hydrogen) atoms. The molecule has 8 heteroatoms. The number of nitrogen functional groups attached to an aromatic ring is 1. The first kappa shape index (κ1) is 18.1. The maximum atomic E-state index is 11.4. The molecule has 1 fully saturated rings. The van der Waals surface area contributed by atoms with Gasteiger partial charge in [-0.3, -0.25) is 10.1 Å². The lowest BCUT2D eigenvalue weighted by molar-refractivity contribution is -0.385. The largest absolute Gasteiger partial charge is 0.378 e. The first-order valence-corrected chi connectivity index (χ1v) is 8.87. The first-order chi connectivity index (χ1) is 12.5. The lowest BCUT2D eigenvalue weighted by atomic mass is 9.83. The summed E-state index contributed by atoms with van der Waals surface area (Å²) in [6, 6.07) is 10.0. The standard InChI is InChI=1S/C18H24N6O2/c19-14-8-6-12(7-9-14)10-15-16(24(25)26)17(20)23-18(22-15)21-11-13-4-2-1-3-5-13/h1-5,12,14H,6-11,19H2,(H3,20,21,22,23). The van der Waals surface area contributed by atoms with E-state index in [1.807, 2.05) is 30.3 Å². The Morgan fingerprint density at radius 1 is 1.15 bits per heavy atom. The van der Waals surface area contributed by atoms with Crippen LogP contribution in [0.1, 0.15) is 36.9 Å². The zero-order valence-electron chi connectivity index (χ0n) is 14.6. The van der Waals surface area contributed by atoms with E-state index >= 15 is 0 Å². The molecule has 3 rings (SSSR count). The molecule has 2 aromatic rings. The van der Waals surface area contributed by atoms with Crippen LogP contribution in [0, 0.1) is 16.0 Å². The summed E-state index contributed by atoms with van der Waals surface area (Å²) in [6.45, 7) is 0.524. The normalized spacial score (nSPS) is 19.9. The Labute approximate surface area is 152 Å². The number of nitrogens with zero attached hydrogens (tertiary/aromatic N) is 3. The number of aromatic nitrogens is 2. The van der Waals surface area contributed by atoms with E-state index in [0.717, 1.165) is 31.2 Å². The van der Waals surface area contributed by atoms with Gasteiger partial charge in [0.05, 0.1) is 4.92 Å². The van der Waals surface area contributed by atoms with Gasteiger partial charge in [-0.2, -0.15) is 4.98 Å². The third-order valence-corrected chi connectivity index (χ3v) is 4.83. The highest BCUT2D eigenvalue weighted by atomic mass is 16.6. The maximum Gasteiger partial charge on any atom is 0.332 e. The topological polar surface area (TPSA) is 133 Å². The molecule has 138 valence electrons. The SMILES string of the molecule is Nc1nc(NCc2ccccc2)nc(CC2CCC(N)CC2)c1[N+](=O)[O-]. The van der Waals surface area contributed by atoms with E-state index < -0.39 is 4.92 Å². The second-order valence-electron chi connectivity index (χ2n) is 6.81. The summed E-state index contributed by atoms with van der Waals surface area (Å²) in [7, 11) is 0. The third kappa shape index (κ3) is 4.45. The second kappa shape index (κ2) is 8.09. The molecule has 8 nitrogen and oxygen atoms in total. The van der Waals surface area contributed by atoms with Crippen LogP contribution in [0.15, 0.2) is 30.3 Å². The Balaban J connectivity index is 1.78. The van der Waals surface area contributed by atoms with Gasteiger partial charge in [-0.25, -0.2) is 4.98 Å². The van der Waals surface area contributed by atoms with Gasteiger partial charge < -0.3 is 16.8 Å². The lowest BCUT2D eigenvalue weighted by Crippen LogP contribution is -2.27. The van der Waals surface area contributed by atoms with Gasteiger partial charge in [0.25, 0.3) is 0 Å². The second-order valence-corrected chi connectivity index (χ2v) is 6.81. The summed E-state index contributed by atoms with van der Waals surface area (Å²) in [5, 5.41) is 14.5. The highest BCUT2D eigenvalue weighted by molar-refractivity contribution is 5.58. The van der Waals surface area contributed by atoms with E-state index in [2.05, 4.69) is 15.3 Å². The molecule has 0 spiro atoms. The summed E-state index contributed by atoms with van der Waals surface area (Å²) in [6.07, 6.45) is 4.32. The van der Waals surface area contributed by atoms with Gasteiger partial charge in [0.15, 0.2) is 0 Å². The van der Waals surface area contributed by atoms with Crippen molar-refractivity contribution in [2.24, 2.45) is 11.7 Å². The van der Waals surface area contributed by atoms with E-state index in [4.69, 9.17) is 11.5 Å². The van der Waals surface area contributed by atoms with Gasteiger partial charge in [-0.1, -0.05) is 30.3 Å². The van der Waals surface area contributed by atoms with Gasteiger partial charge in [0, 0.05) is 12.6 Å². The molecule has 1 aliphatic rings. The van der Waals surface area contributed by atoms with Crippen molar-refractivity contribution in [1.29, 1.82) is 0 Å². The maximum absolute atomic E-state index is 11.4. The molecule has 0 amide bonds.